The van der Waals surface area contributed by atoms with Crippen LogP contribution in [0.15, 0.2) is 48.8 Å². The number of nitrogens with zero attached hydrogens (tertiary/aromatic N) is 1. The van der Waals surface area contributed by atoms with E-state index in [4.69, 9.17) is 5.73 Å². The topological polar surface area (TPSA) is 85.1 Å². The van der Waals surface area contributed by atoms with Crippen molar-refractivity contribution in [1.29, 1.82) is 0 Å². The molecule has 1 aromatic heterocycles. The van der Waals surface area contributed by atoms with Crippen molar-refractivity contribution in [1.82, 2.24) is 9.71 Å². The number of benzene rings is 1. The molecule has 1 heterocycles. The third-order valence-electron chi connectivity index (χ3n) is 2.58. The monoisotopic (exact) mass is 277 g/mol. The zero-order valence-electron chi connectivity index (χ0n) is 10.3. The maximum atomic E-state index is 11.9. The Bertz CT molecular complexity index is 625. The van der Waals surface area contributed by atoms with Gasteiger partial charge in [-0.2, -0.15) is 0 Å². The second kappa shape index (κ2) is 5.81. The second-order valence-corrected chi connectivity index (χ2v) is 5.98. The van der Waals surface area contributed by atoms with Gasteiger partial charge in [0.2, 0.25) is 10.0 Å². The van der Waals surface area contributed by atoms with Crippen LogP contribution >= 0.6 is 0 Å². The zero-order valence-corrected chi connectivity index (χ0v) is 11.1. The van der Waals surface area contributed by atoms with Crippen molar-refractivity contribution in [3.8, 4) is 0 Å². The van der Waals surface area contributed by atoms with Gasteiger partial charge in [-0.1, -0.05) is 12.1 Å². The second-order valence-electron chi connectivity index (χ2n) is 4.18. The van der Waals surface area contributed by atoms with Crippen molar-refractivity contribution in [3.05, 3.63) is 59.9 Å². The summed E-state index contributed by atoms with van der Waals surface area (Å²) in [6, 6.07) is 10.3. The molecular weight excluding hydrogens is 262 g/mol. The van der Waals surface area contributed by atoms with Crippen LogP contribution in [-0.2, 0) is 22.3 Å². The van der Waals surface area contributed by atoms with E-state index in [-0.39, 0.29) is 12.3 Å². The number of pyridine rings is 1. The molecule has 0 amide bonds. The number of rotatable bonds is 5. The van der Waals surface area contributed by atoms with E-state index in [0.29, 0.717) is 11.3 Å². The van der Waals surface area contributed by atoms with Crippen LogP contribution in [0.1, 0.15) is 11.1 Å². The highest BCUT2D eigenvalue weighted by atomic mass is 32.2. The molecule has 2 aromatic rings. The molecule has 0 atom stereocenters. The Morgan fingerprint density at radius 2 is 1.63 bits per heavy atom. The third kappa shape index (κ3) is 4.35. The van der Waals surface area contributed by atoms with Gasteiger partial charge in [0.1, 0.15) is 0 Å². The van der Waals surface area contributed by atoms with Crippen LogP contribution in [0, 0.1) is 0 Å². The van der Waals surface area contributed by atoms with Crippen molar-refractivity contribution >= 4 is 15.7 Å². The van der Waals surface area contributed by atoms with Crippen LogP contribution in [0.25, 0.3) is 0 Å². The van der Waals surface area contributed by atoms with Crippen molar-refractivity contribution in [2.75, 3.05) is 5.73 Å². The van der Waals surface area contributed by atoms with E-state index in [1.54, 1.807) is 48.8 Å². The minimum atomic E-state index is -3.36. The van der Waals surface area contributed by atoms with E-state index >= 15 is 0 Å². The van der Waals surface area contributed by atoms with Gasteiger partial charge in [0.25, 0.3) is 0 Å². The SMILES string of the molecule is Nc1ccc(CS(=O)(=O)NCc2ccncc2)cc1. The molecule has 100 valence electrons. The lowest BCUT2D eigenvalue weighted by Crippen LogP contribution is -2.24. The quantitative estimate of drug-likeness (QED) is 0.806. The number of anilines is 1. The van der Waals surface area contributed by atoms with Gasteiger partial charge in [-0.05, 0) is 35.4 Å². The predicted molar refractivity (Wildman–Crippen MR) is 74.6 cm³/mol. The fraction of sp³-hybridized carbons (Fsp3) is 0.154. The number of nitrogen functional groups attached to an aromatic ring is 1. The largest absolute Gasteiger partial charge is 0.399 e. The zero-order chi connectivity index (χ0) is 13.7. The highest BCUT2D eigenvalue weighted by Crippen LogP contribution is 2.09. The van der Waals surface area contributed by atoms with Crippen LogP contribution < -0.4 is 10.5 Å². The highest BCUT2D eigenvalue weighted by Gasteiger charge is 2.11. The van der Waals surface area contributed by atoms with Crippen molar-refractivity contribution in [2.24, 2.45) is 0 Å². The van der Waals surface area contributed by atoms with Crippen molar-refractivity contribution in [2.45, 2.75) is 12.3 Å². The summed E-state index contributed by atoms with van der Waals surface area (Å²) < 4.78 is 26.4. The first-order chi connectivity index (χ1) is 9.05. The van der Waals surface area contributed by atoms with Gasteiger partial charge in [0.15, 0.2) is 0 Å². The first-order valence-corrected chi connectivity index (χ1v) is 7.41. The highest BCUT2D eigenvalue weighted by molar-refractivity contribution is 7.88. The van der Waals surface area contributed by atoms with E-state index in [1.165, 1.54) is 0 Å². The summed E-state index contributed by atoms with van der Waals surface area (Å²) in [5.74, 6) is -0.0572. The minimum absolute atomic E-state index is 0.0572. The van der Waals surface area contributed by atoms with E-state index in [2.05, 4.69) is 9.71 Å². The Kier molecular flexibility index (Phi) is 4.13. The molecule has 0 aliphatic heterocycles. The van der Waals surface area contributed by atoms with Crippen LogP contribution in [-0.4, -0.2) is 13.4 Å². The normalized spacial score (nSPS) is 11.4. The maximum Gasteiger partial charge on any atom is 0.216 e. The van der Waals surface area contributed by atoms with Gasteiger partial charge in [-0.15, -0.1) is 0 Å². The van der Waals surface area contributed by atoms with Gasteiger partial charge >= 0.3 is 0 Å². The number of nitrogens with one attached hydrogen (secondary N) is 1. The molecule has 1 aromatic carbocycles. The lowest BCUT2D eigenvalue weighted by Gasteiger charge is -2.07. The van der Waals surface area contributed by atoms with E-state index in [1.807, 2.05) is 0 Å². The van der Waals surface area contributed by atoms with Crippen LogP contribution in [0.4, 0.5) is 5.69 Å². The minimum Gasteiger partial charge on any atom is -0.399 e. The molecule has 0 bridgehead atoms. The summed E-state index contributed by atoms with van der Waals surface area (Å²) in [7, 11) is -3.36. The van der Waals surface area contributed by atoms with Gasteiger partial charge in [0, 0.05) is 24.6 Å². The molecule has 0 aliphatic carbocycles. The van der Waals surface area contributed by atoms with Gasteiger partial charge in [-0.25, -0.2) is 13.1 Å². The first-order valence-electron chi connectivity index (χ1n) is 5.76. The summed E-state index contributed by atoms with van der Waals surface area (Å²) in [4.78, 5) is 3.88. The molecule has 0 unspecified atom stereocenters. The van der Waals surface area contributed by atoms with E-state index in [0.717, 1.165) is 5.56 Å². The lowest BCUT2D eigenvalue weighted by atomic mass is 10.2. The predicted octanol–water partition coefficient (Wildman–Crippen LogP) is 1.28. The van der Waals surface area contributed by atoms with Gasteiger partial charge in [-0.3, -0.25) is 4.98 Å². The lowest BCUT2D eigenvalue weighted by molar-refractivity contribution is 0.580. The molecule has 3 N–H and O–H groups in total. The fourth-order valence-electron chi connectivity index (χ4n) is 1.58. The summed E-state index contributed by atoms with van der Waals surface area (Å²) >= 11 is 0. The maximum absolute atomic E-state index is 11.9. The van der Waals surface area contributed by atoms with Gasteiger partial charge in [0.05, 0.1) is 5.75 Å². The molecule has 5 nitrogen and oxygen atoms in total. The average Bonchev–Trinajstić information content (AvgIpc) is 2.40. The summed E-state index contributed by atoms with van der Waals surface area (Å²) in [6.45, 7) is 0.264. The standard InChI is InChI=1S/C13H15N3O2S/c14-13-3-1-12(2-4-13)10-19(17,18)16-9-11-5-7-15-8-6-11/h1-8,16H,9-10,14H2. The number of aromatic nitrogens is 1. The Labute approximate surface area is 112 Å². The summed E-state index contributed by atoms with van der Waals surface area (Å²) in [6.07, 6.45) is 3.26. The summed E-state index contributed by atoms with van der Waals surface area (Å²) in [5.41, 5.74) is 7.75. The van der Waals surface area contributed by atoms with Crippen LogP contribution in [0.3, 0.4) is 0 Å². The third-order valence-corrected chi connectivity index (χ3v) is 3.88. The molecule has 2 rings (SSSR count). The Hall–Kier alpha value is -1.92. The van der Waals surface area contributed by atoms with E-state index < -0.39 is 10.0 Å². The van der Waals surface area contributed by atoms with Crippen LogP contribution in [0.5, 0.6) is 0 Å². The molecule has 0 aliphatic rings. The van der Waals surface area contributed by atoms with Crippen LogP contribution in [0.2, 0.25) is 0 Å². The Morgan fingerprint density at radius 3 is 2.26 bits per heavy atom. The van der Waals surface area contributed by atoms with Crippen molar-refractivity contribution < 1.29 is 8.42 Å². The first kappa shape index (κ1) is 13.5. The fourth-order valence-corrected chi connectivity index (χ4v) is 2.70. The molecule has 0 radical (unpaired) electrons. The number of hydrogen-bond donors (Lipinski definition) is 2. The van der Waals surface area contributed by atoms with Crippen molar-refractivity contribution in [3.63, 3.8) is 0 Å². The molecule has 0 saturated heterocycles. The van der Waals surface area contributed by atoms with E-state index in [9.17, 15) is 8.42 Å². The molecular formula is C13H15N3O2S. The average molecular weight is 277 g/mol. The number of sulfonamides is 1. The van der Waals surface area contributed by atoms with Gasteiger partial charge < -0.3 is 5.73 Å². The number of nitrogens with two attached hydrogens (primary N) is 1. The molecule has 6 heteroatoms. The summed E-state index contributed by atoms with van der Waals surface area (Å²) in [5, 5.41) is 0. The Morgan fingerprint density at radius 1 is 1.00 bits per heavy atom. The molecule has 0 saturated carbocycles. The number of hydrogen-bond acceptors (Lipinski definition) is 4. The smallest absolute Gasteiger partial charge is 0.216 e. The Balaban J connectivity index is 1.97. The molecule has 19 heavy (non-hydrogen) atoms. The molecule has 0 spiro atoms. The molecule has 0 fully saturated rings.